The summed E-state index contributed by atoms with van der Waals surface area (Å²) in [6, 6.07) is 3.60. The van der Waals surface area contributed by atoms with Crippen LogP contribution in [0.1, 0.15) is 0 Å². The fraction of sp³-hybridized carbons (Fsp3) is 0. The Balaban J connectivity index is 2.83. The Hall–Kier alpha value is -1.71. The predicted molar refractivity (Wildman–Crippen MR) is 38.5 cm³/mol. The molecule has 0 N–H and O–H groups in total. The highest BCUT2D eigenvalue weighted by Crippen LogP contribution is 2.03. The third kappa shape index (κ3) is 0.980. The molecule has 4 heteroatoms. The van der Waals surface area contributed by atoms with Crippen LogP contribution in [0.25, 0.3) is 10.9 Å². The minimum atomic E-state index is 0.518. The van der Waals surface area contributed by atoms with E-state index in [0.29, 0.717) is 4.85 Å². The second-order valence-electron chi connectivity index (χ2n) is 2.15. The molecule has 0 aromatic carbocycles. The minimum absolute atomic E-state index is 0.518. The molecular formula is C7H5N3O. The summed E-state index contributed by atoms with van der Waals surface area (Å²) in [5, 5.41) is 15.0. The number of hydrogen-bond acceptors (Lipinski definition) is 3. The summed E-state index contributed by atoms with van der Waals surface area (Å²) >= 11 is 0. The zero-order valence-electron chi connectivity index (χ0n) is 5.64. The maximum Gasteiger partial charge on any atom is 0.219 e. The summed E-state index contributed by atoms with van der Waals surface area (Å²) in [5.41, 5.74) is 0.736. The van der Waals surface area contributed by atoms with Crippen LogP contribution in [0.3, 0.4) is 0 Å². The van der Waals surface area contributed by atoms with E-state index in [1.165, 1.54) is 12.4 Å². The first kappa shape index (κ1) is 6.03. The first-order valence-electron chi connectivity index (χ1n) is 3.16. The van der Waals surface area contributed by atoms with Gasteiger partial charge in [0.05, 0.1) is 5.39 Å². The predicted octanol–water partition coefficient (Wildman–Crippen LogP) is 0.263. The number of nitrogens with zero attached hydrogens (tertiary/aromatic N) is 3. The Labute approximate surface area is 62.7 Å². The van der Waals surface area contributed by atoms with Crippen molar-refractivity contribution in [2.75, 3.05) is 0 Å². The molecule has 0 aliphatic rings. The highest BCUT2D eigenvalue weighted by Gasteiger charge is 1.96. The van der Waals surface area contributed by atoms with Crippen molar-refractivity contribution < 1.29 is 4.85 Å². The third-order valence-electron chi connectivity index (χ3n) is 1.41. The number of hydrogen-bond donors (Lipinski definition) is 0. The van der Waals surface area contributed by atoms with Crippen LogP contribution in [0, 0.1) is 5.21 Å². The van der Waals surface area contributed by atoms with Gasteiger partial charge in [0.15, 0.2) is 0 Å². The second kappa shape index (κ2) is 2.16. The van der Waals surface area contributed by atoms with Crippen LogP contribution in [0.2, 0.25) is 0 Å². The fourth-order valence-corrected chi connectivity index (χ4v) is 0.911. The summed E-state index contributed by atoms with van der Waals surface area (Å²) in [5.74, 6) is 0. The second-order valence-corrected chi connectivity index (χ2v) is 2.15. The molecule has 54 valence electrons. The van der Waals surface area contributed by atoms with E-state index in [1.54, 1.807) is 12.3 Å². The highest BCUT2D eigenvalue weighted by atomic mass is 16.5. The molecule has 0 radical (unpaired) electrons. The topological polar surface area (TPSA) is 52.7 Å². The molecule has 2 rings (SSSR count). The molecule has 2 aromatic heterocycles. The molecule has 0 atom stereocenters. The molecule has 0 bridgehead atoms. The minimum Gasteiger partial charge on any atom is -0.594 e. The molecule has 0 saturated carbocycles. The Morgan fingerprint density at radius 1 is 1.45 bits per heavy atom. The third-order valence-corrected chi connectivity index (χ3v) is 1.41. The molecule has 0 aliphatic heterocycles. The van der Waals surface area contributed by atoms with E-state index >= 15 is 0 Å². The van der Waals surface area contributed by atoms with Gasteiger partial charge in [-0.3, -0.25) is 4.98 Å². The van der Waals surface area contributed by atoms with E-state index in [9.17, 15) is 5.21 Å². The van der Waals surface area contributed by atoms with Gasteiger partial charge in [0.2, 0.25) is 6.20 Å². The van der Waals surface area contributed by atoms with Crippen molar-refractivity contribution in [1.29, 1.82) is 0 Å². The molecule has 4 nitrogen and oxygen atoms in total. The van der Waals surface area contributed by atoms with Crippen LogP contribution in [0.5, 0.6) is 0 Å². The lowest BCUT2D eigenvalue weighted by atomic mass is 10.3. The number of pyridine rings is 1. The van der Waals surface area contributed by atoms with Gasteiger partial charge in [-0.1, -0.05) is 4.85 Å². The number of fused-ring (bicyclic) bond motifs is 1. The van der Waals surface area contributed by atoms with Gasteiger partial charge in [0.25, 0.3) is 0 Å². The number of aromatic nitrogens is 3. The van der Waals surface area contributed by atoms with E-state index in [4.69, 9.17) is 0 Å². The van der Waals surface area contributed by atoms with Gasteiger partial charge in [0, 0.05) is 11.3 Å². The summed E-state index contributed by atoms with van der Waals surface area (Å²) < 4.78 is 0. The zero-order valence-corrected chi connectivity index (χ0v) is 5.64. The molecule has 2 aromatic rings. The smallest absolute Gasteiger partial charge is 0.219 e. The van der Waals surface area contributed by atoms with E-state index < -0.39 is 0 Å². The van der Waals surface area contributed by atoms with Gasteiger partial charge in [-0.05, 0) is 12.1 Å². The van der Waals surface area contributed by atoms with Gasteiger partial charge in [-0.15, -0.1) is 0 Å². The van der Waals surface area contributed by atoms with Gasteiger partial charge in [-0.25, -0.2) is 0 Å². The van der Waals surface area contributed by atoms with Crippen LogP contribution in [0.4, 0.5) is 0 Å². The van der Waals surface area contributed by atoms with Crippen molar-refractivity contribution in [2.45, 2.75) is 0 Å². The SMILES string of the molecule is [O-][n+]1cc2cccnc2cn1. The molecule has 0 amide bonds. The standard InChI is InChI=1S/C7H5N3O/c11-10-5-6-2-1-3-8-7(6)4-9-10/h1-5H. The largest absolute Gasteiger partial charge is 0.594 e. The van der Waals surface area contributed by atoms with E-state index in [1.807, 2.05) is 6.07 Å². The van der Waals surface area contributed by atoms with Crippen molar-refractivity contribution in [3.63, 3.8) is 0 Å². The van der Waals surface area contributed by atoms with Gasteiger partial charge in [-0.2, -0.15) is 0 Å². The van der Waals surface area contributed by atoms with Gasteiger partial charge >= 0.3 is 0 Å². The van der Waals surface area contributed by atoms with Crippen LogP contribution in [-0.4, -0.2) is 10.1 Å². The zero-order chi connectivity index (χ0) is 7.68. The lowest BCUT2D eigenvalue weighted by molar-refractivity contribution is -0.667. The Kier molecular flexibility index (Phi) is 1.18. The van der Waals surface area contributed by atoms with Gasteiger partial charge < -0.3 is 5.21 Å². The van der Waals surface area contributed by atoms with Crippen molar-refractivity contribution in [3.05, 3.63) is 35.9 Å². The molecule has 0 spiro atoms. The lowest BCUT2D eigenvalue weighted by Gasteiger charge is -1.93. The monoisotopic (exact) mass is 147 g/mol. The quantitative estimate of drug-likeness (QED) is 0.397. The summed E-state index contributed by atoms with van der Waals surface area (Å²) in [6.07, 6.45) is 4.50. The van der Waals surface area contributed by atoms with Crippen molar-refractivity contribution in [1.82, 2.24) is 10.1 Å². The average Bonchev–Trinajstić information content (AvgIpc) is 2.04. The molecule has 2 heterocycles. The van der Waals surface area contributed by atoms with E-state index in [0.717, 1.165) is 10.9 Å². The van der Waals surface area contributed by atoms with Crippen LogP contribution < -0.4 is 4.85 Å². The highest BCUT2D eigenvalue weighted by molar-refractivity contribution is 5.75. The number of rotatable bonds is 0. The maximum atomic E-state index is 10.7. The first-order valence-corrected chi connectivity index (χ1v) is 3.16. The van der Waals surface area contributed by atoms with E-state index in [-0.39, 0.29) is 0 Å². The summed E-state index contributed by atoms with van der Waals surface area (Å²) in [4.78, 5) is 4.53. The molecule has 0 aliphatic carbocycles. The Morgan fingerprint density at radius 2 is 2.36 bits per heavy atom. The Bertz CT molecular complexity index is 388. The van der Waals surface area contributed by atoms with Crippen LogP contribution >= 0.6 is 0 Å². The lowest BCUT2D eigenvalue weighted by Crippen LogP contribution is -2.29. The molecule has 11 heavy (non-hydrogen) atoms. The van der Waals surface area contributed by atoms with Gasteiger partial charge in [0.1, 0.15) is 11.7 Å². The average molecular weight is 147 g/mol. The molecule has 0 fully saturated rings. The van der Waals surface area contributed by atoms with Crippen molar-refractivity contribution >= 4 is 10.9 Å². The normalized spacial score (nSPS) is 10.2. The first-order chi connectivity index (χ1) is 5.36. The summed E-state index contributed by atoms with van der Waals surface area (Å²) in [6.45, 7) is 0. The fourth-order valence-electron chi connectivity index (χ4n) is 0.911. The van der Waals surface area contributed by atoms with Crippen molar-refractivity contribution in [2.24, 2.45) is 0 Å². The van der Waals surface area contributed by atoms with E-state index in [2.05, 4.69) is 10.1 Å². The van der Waals surface area contributed by atoms with Crippen molar-refractivity contribution in [3.8, 4) is 0 Å². The van der Waals surface area contributed by atoms with Crippen LogP contribution in [-0.2, 0) is 0 Å². The Morgan fingerprint density at radius 3 is 3.27 bits per heavy atom. The summed E-state index contributed by atoms with van der Waals surface area (Å²) in [7, 11) is 0. The molecule has 0 saturated heterocycles. The van der Waals surface area contributed by atoms with Crippen LogP contribution in [0.15, 0.2) is 30.7 Å². The molecule has 0 unspecified atom stereocenters. The maximum absolute atomic E-state index is 10.7. The molecular weight excluding hydrogens is 142 g/mol.